The summed E-state index contributed by atoms with van der Waals surface area (Å²) < 4.78 is 0. The van der Waals surface area contributed by atoms with Gasteiger partial charge in [0.15, 0.2) is 0 Å². The normalized spacial score (nSPS) is 11.9. The summed E-state index contributed by atoms with van der Waals surface area (Å²) in [5.74, 6) is -0.967. The third-order valence-corrected chi connectivity index (χ3v) is 2.51. The van der Waals surface area contributed by atoms with Gasteiger partial charge in [-0.15, -0.1) is 0 Å². The molecule has 1 rings (SSSR count). The number of rotatable bonds is 6. The number of nitrogens with zero attached hydrogens (tertiary/aromatic N) is 1. The number of anilines is 1. The number of carboxylic acid groups (broad SMARTS) is 1. The van der Waals surface area contributed by atoms with Crippen LogP contribution >= 0.6 is 0 Å². The first-order chi connectivity index (χ1) is 8.40. The molecule has 0 bridgehead atoms. The molecule has 1 aromatic rings. The van der Waals surface area contributed by atoms with Gasteiger partial charge in [0.05, 0.1) is 4.92 Å². The van der Waals surface area contributed by atoms with E-state index < -0.39 is 10.9 Å². The van der Waals surface area contributed by atoms with E-state index in [4.69, 9.17) is 5.11 Å². The summed E-state index contributed by atoms with van der Waals surface area (Å²) in [6.45, 7) is 4.01. The zero-order chi connectivity index (χ0) is 13.7. The predicted octanol–water partition coefficient (Wildman–Crippen LogP) is 2.43. The van der Waals surface area contributed by atoms with Gasteiger partial charge in [0, 0.05) is 19.0 Å². The Kier molecular flexibility index (Phi) is 4.65. The molecule has 1 aromatic carbocycles. The lowest BCUT2D eigenvalue weighted by Crippen LogP contribution is -2.15. The molecular formula is C12H16N2O4. The van der Waals surface area contributed by atoms with Gasteiger partial charge in [-0.25, -0.2) is 0 Å². The van der Waals surface area contributed by atoms with Gasteiger partial charge < -0.3 is 10.4 Å². The molecule has 0 aliphatic heterocycles. The summed E-state index contributed by atoms with van der Waals surface area (Å²) >= 11 is 0. The fraction of sp³-hybridized carbons (Fsp3) is 0.417. The Labute approximate surface area is 105 Å². The average molecular weight is 252 g/mol. The number of aryl methyl sites for hydroxylation is 1. The highest BCUT2D eigenvalue weighted by molar-refractivity contribution is 5.67. The number of nitrogens with one attached hydrogen (secondary N) is 1. The molecule has 0 fully saturated rings. The van der Waals surface area contributed by atoms with Crippen molar-refractivity contribution in [2.45, 2.75) is 20.3 Å². The van der Waals surface area contributed by atoms with Crippen molar-refractivity contribution in [3.8, 4) is 0 Å². The molecule has 1 atom stereocenters. The third-order valence-electron chi connectivity index (χ3n) is 2.51. The molecule has 6 nitrogen and oxygen atoms in total. The smallest absolute Gasteiger partial charge is 0.303 e. The number of aliphatic carboxylic acids is 1. The molecule has 6 heteroatoms. The van der Waals surface area contributed by atoms with E-state index in [9.17, 15) is 14.9 Å². The van der Waals surface area contributed by atoms with Crippen molar-refractivity contribution in [1.82, 2.24) is 0 Å². The van der Waals surface area contributed by atoms with E-state index in [-0.39, 0.29) is 18.0 Å². The van der Waals surface area contributed by atoms with Crippen LogP contribution in [0.15, 0.2) is 18.2 Å². The summed E-state index contributed by atoms with van der Waals surface area (Å²) in [5.41, 5.74) is 1.34. The van der Waals surface area contributed by atoms with Crippen molar-refractivity contribution in [2.24, 2.45) is 5.92 Å². The molecule has 0 aromatic heterocycles. The highest BCUT2D eigenvalue weighted by Gasteiger charge is 2.14. The zero-order valence-corrected chi connectivity index (χ0v) is 10.3. The van der Waals surface area contributed by atoms with Crippen molar-refractivity contribution in [3.05, 3.63) is 33.9 Å². The maximum Gasteiger partial charge on any atom is 0.303 e. The van der Waals surface area contributed by atoms with E-state index in [1.807, 2.05) is 6.92 Å². The van der Waals surface area contributed by atoms with Gasteiger partial charge in [-0.2, -0.15) is 0 Å². The number of carboxylic acids is 1. The summed E-state index contributed by atoms with van der Waals surface area (Å²) in [6, 6.07) is 4.80. The third kappa shape index (κ3) is 4.04. The SMILES string of the molecule is Cc1ccc([N+](=O)[O-])c(NCC(C)CC(=O)O)c1. The minimum atomic E-state index is -0.872. The fourth-order valence-electron chi connectivity index (χ4n) is 1.61. The van der Waals surface area contributed by atoms with Crippen molar-refractivity contribution in [1.29, 1.82) is 0 Å². The van der Waals surface area contributed by atoms with Gasteiger partial charge in [0.25, 0.3) is 5.69 Å². The Morgan fingerprint density at radius 3 is 2.78 bits per heavy atom. The molecule has 0 spiro atoms. The minimum Gasteiger partial charge on any atom is -0.481 e. The molecule has 0 aliphatic rings. The molecule has 18 heavy (non-hydrogen) atoms. The first-order valence-electron chi connectivity index (χ1n) is 5.61. The van der Waals surface area contributed by atoms with Crippen LogP contribution in [0.2, 0.25) is 0 Å². The first kappa shape index (κ1) is 14.0. The molecule has 0 aliphatic carbocycles. The molecule has 0 heterocycles. The monoisotopic (exact) mass is 252 g/mol. The molecule has 0 amide bonds. The second-order valence-corrected chi connectivity index (χ2v) is 4.36. The van der Waals surface area contributed by atoms with Crippen LogP contribution in [0.3, 0.4) is 0 Å². The van der Waals surface area contributed by atoms with Crippen molar-refractivity contribution >= 4 is 17.3 Å². The Morgan fingerprint density at radius 1 is 1.56 bits per heavy atom. The van der Waals surface area contributed by atoms with Gasteiger partial charge in [-0.1, -0.05) is 13.0 Å². The Hall–Kier alpha value is -2.11. The van der Waals surface area contributed by atoms with E-state index in [0.717, 1.165) is 5.56 Å². The van der Waals surface area contributed by atoms with Crippen LogP contribution in [0.25, 0.3) is 0 Å². The first-order valence-corrected chi connectivity index (χ1v) is 5.61. The minimum absolute atomic E-state index is 0.00289. The Balaban J connectivity index is 2.74. The summed E-state index contributed by atoms with van der Waals surface area (Å²) in [6.07, 6.45) is 0.0343. The molecule has 0 saturated carbocycles. The summed E-state index contributed by atoms with van der Waals surface area (Å²) in [5, 5.41) is 22.4. The largest absolute Gasteiger partial charge is 0.481 e. The van der Waals surface area contributed by atoms with Gasteiger partial charge in [0.2, 0.25) is 0 Å². The maximum absolute atomic E-state index is 10.8. The topological polar surface area (TPSA) is 92.5 Å². The fourth-order valence-corrected chi connectivity index (χ4v) is 1.61. The van der Waals surface area contributed by atoms with Crippen LogP contribution in [0.1, 0.15) is 18.9 Å². The molecule has 0 radical (unpaired) electrons. The average Bonchev–Trinajstić information content (AvgIpc) is 2.25. The van der Waals surface area contributed by atoms with Crippen LogP contribution in [-0.4, -0.2) is 22.5 Å². The van der Waals surface area contributed by atoms with Gasteiger partial charge >= 0.3 is 5.97 Å². The number of carbonyl (C=O) groups is 1. The number of hydrogen-bond donors (Lipinski definition) is 2. The van der Waals surface area contributed by atoms with Crippen LogP contribution in [-0.2, 0) is 4.79 Å². The highest BCUT2D eigenvalue weighted by atomic mass is 16.6. The van der Waals surface area contributed by atoms with Crippen LogP contribution in [0.5, 0.6) is 0 Å². The van der Waals surface area contributed by atoms with Gasteiger partial charge in [-0.3, -0.25) is 14.9 Å². The lowest BCUT2D eigenvalue weighted by atomic mass is 10.1. The van der Waals surface area contributed by atoms with E-state index >= 15 is 0 Å². The maximum atomic E-state index is 10.8. The van der Waals surface area contributed by atoms with E-state index in [1.165, 1.54) is 6.07 Å². The van der Waals surface area contributed by atoms with E-state index in [1.54, 1.807) is 19.1 Å². The zero-order valence-electron chi connectivity index (χ0n) is 10.3. The standard InChI is InChI=1S/C12H16N2O4/c1-8-3-4-11(14(17)18)10(5-8)13-7-9(2)6-12(15)16/h3-5,9,13H,6-7H2,1-2H3,(H,15,16). The number of nitro benzene ring substituents is 1. The second kappa shape index (κ2) is 6.00. The molecule has 0 saturated heterocycles. The van der Waals surface area contributed by atoms with E-state index in [2.05, 4.69) is 5.32 Å². The Morgan fingerprint density at radius 2 is 2.22 bits per heavy atom. The second-order valence-electron chi connectivity index (χ2n) is 4.36. The van der Waals surface area contributed by atoms with Crippen LogP contribution < -0.4 is 5.32 Å². The van der Waals surface area contributed by atoms with Crippen molar-refractivity contribution in [3.63, 3.8) is 0 Å². The number of benzene rings is 1. The Bertz CT molecular complexity index is 459. The summed E-state index contributed by atoms with van der Waals surface area (Å²) in [4.78, 5) is 20.9. The van der Waals surface area contributed by atoms with Gasteiger partial charge in [-0.05, 0) is 24.5 Å². The molecule has 1 unspecified atom stereocenters. The quantitative estimate of drug-likeness (QED) is 0.599. The molecule has 2 N–H and O–H groups in total. The number of hydrogen-bond acceptors (Lipinski definition) is 4. The summed E-state index contributed by atoms with van der Waals surface area (Å²) in [7, 11) is 0. The number of nitro groups is 1. The van der Waals surface area contributed by atoms with Crippen molar-refractivity contribution in [2.75, 3.05) is 11.9 Å². The van der Waals surface area contributed by atoms with Crippen LogP contribution in [0.4, 0.5) is 11.4 Å². The van der Waals surface area contributed by atoms with Crippen LogP contribution in [0, 0.1) is 23.0 Å². The predicted molar refractivity (Wildman–Crippen MR) is 67.7 cm³/mol. The lowest BCUT2D eigenvalue weighted by Gasteiger charge is -2.12. The molecule has 98 valence electrons. The van der Waals surface area contributed by atoms with E-state index in [0.29, 0.717) is 12.2 Å². The molecular weight excluding hydrogens is 236 g/mol. The lowest BCUT2D eigenvalue weighted by molar-refractivity contribution is -0.384. The van der Waals surface area contributed by atoms with Gasteiger partial charge in [0.1, 0.15) is 5.69 Å². The highest BCUT2D eigenvalue weighted by Crippen LogP contribution is 2.25. The van der Waals surface area contributed by atoms with Crippen molar-refractivity contribution < 1.29 is 14.8 Å².